The summed E-state index contributed by atoms with van der Waals surface area (Å²) in [6.45, 7) is 1.61. The Hall–Kier alpha value is -2.92. The Balaban J connectivity index is 1.72. The molecule has 1 aliphatic heterocycles. The van der Waals surface area contributed by atoms with E-state index in [0.29, 0.717) is 5.69 Å². The zero-order chi connectivity index (χ0) is 20.8. The zero-order valence-corrected chi connectivity index (χ0v) is 18.3. The van der Waals surface area contributed by atoms with E-state index in [1.165, 1.54) is 6.42 Å². The number of amides is 2. The first-order valence-electron chi connectivity index (χ1n) is 10.3. The summed E-state index contributed by atoms with van der Waals surface area (Å²) in [5, 5.41) is 3.08. The average molecular weight is 462 g/mol. The minimum atomic E-state index is -0.0646. The molecule has 0 saturated carbocycles. The van der Waals surface area contributed by atoms with Gasteiger partial charge < -0.3 is 10.2 Å². The van der Waals surface area contributed by atoms with Crippen molar-refractivity contribution in [3.63, 3.8) is 0 Å². The number of anilines is 1. The highest BCUT2D eigenvalue weighted by Crippen LogP contribution is 2.31. The molecular formula is C25H24BrN3O. The summed E-state index contributed by atoms with van der Waals surface area (Å²) in [6.07, 6.45) is 3.31. The van der Waals surface area contributed by atoms with Crippen LogP contribution in [0.15, 0.2) is 88.3 Å². The van der Waals surface area contributed by atoms with E-state index in [1.54, 1.807) is 0 Å². The van der Waals surface area contributed by atoms with E-state index < -0.39 is 0 Å². The first-order valence-corrected chi connectivity index (χ1v) is 11.0. The van der Waals surface area contributed by atoms with Gasteiger partial charge in [-0.3, -0.25) is 0 Å². The molecule has 3 aromatic carbocycles. The van der Waals surface area contributed by atoms with Crippen LogP contribution in [0.5, 0.6) is 0 Å². The summed E-state index contributed by atoms with van der Waals surface area (Å²) >= 11 is 3.52. The number of halogens is 1. The predicted octanol–water partition coefficient (Wildman–Crippen LogP) is 6.64. The first kappa shape index (κ1) is 20.4. The lowest BCUT2D eigenvalue weighted by Gasteiger charge is -2.27. The van der Waals surface area contributed by atoms with Crippen LogP contribution in [0.1, 0.15) is 30.4 Å². The van der Waals surface area contributed by atoms with Crippen LogP contribution in [0, 0.1) is 0 Å². The van der Waals surface area contributed by atoms with Crippen molar-refractivity contribution in [2.45, 2.75) is 19.3 Å². The van der Waals surface area contributed by atoms with E-state index >= 15 is 0 Å². The van der Waals surface area contributed by atoms with Crippen molar-refractivity contribution in [2.75, 3.05) is 18.4 Å². The molecule has 0 aromatic heterocycles. The summed E-state index contributed by atoms with van der Waals surface area (Å²) in [4.78, 5) is 19.7. The molecule has 5 heteroatoms. The van der Waals surface area contributed by atoms with Crippen LogP contribution < -0.4 is 5.32 Å². The van der Waals surface area contributed by atoms with E-state index in [0.717, 1.165) is 52.9 Å². The topological polar surface area (TPSA) is 44.7 Å². The average Bonchev–Trinajstić information content (AvgIpc) is 2.80. The number of nitrogens with zero attached hydrogens (tertiary/aromatic N) is 2. The zero-order valence-electron chi connectivity index (χ0n) is 16.7. The minimum absolute atomic E-state index is 0.0646. The third-order valence-corrected chi connectivity index (χ3v) is 5.66. The molecule has 0 bridgehead atoms. The van der Waals surface area contributed by atoms with Gasteiger partial charge in [0.2, 0.25) is 0 Å². The van der Waals surface area contributed by atoms with E-state index in [-0.39, 0.29) is 6.03 Å². The van der Waals surface area contributed by atoms with Gasteiger partial charge in [-0.15, -0.1) is 0 Å². The maximum atomic E-state index is 12.8. The number of aliphatic imine (C=N–C) groups is 1. The van der Waals surface area contributed by atoms with E-state index in [2.05, 4.69) is 45.5 Å². The molecule has 2 amide bonds. The number of carbonyl (C=O) groups is 1. The predicted molar refractivity (Wildman–Crippen MR) is 127 cm³/mol. The van der Waals surface area contributed by atoms with Gasteiger partial charge in [-0.25, -0.2) is 9.79 Å². The number of hydrogen-bond donors (Lipinski definition) is 1. The highest BCUT2D eigenvalue weighted by Gasteiger charge is 2.18. The van der Waals surface area contributed by atoms with Gasteiger partial charge in [0.1, 0.15) is 0 Å². The fourth-order valence-electron chi connectivity index (χ4n) is 3.61. The lowest BCUT2D eigenvalue weighted by atomic mass is 10.0. The fourth-order valence-corrected chi connectivity index (χ4v) is 3.97. The molecule has 0 radical (unpaired) electrons. The Morgan fingerprint density at radius 2 is 1.43 bits per heavy atom. The number of piperidine rings is 1. The van der Waals surface area contributed by atoms with E-state index in [1.807, 2.05) is 59.5 Å². The molecule has 1 saturated heterocycles. The molecule has 3 aromatic rings. The monoisotopic (exact) mass is 461 g/mol. The molecule has 4 rings (SSSR count). The van der Waals surface area contributed by atoms with E-state index in [4.69, 9.17) is 4.99 Å². The van der Waals surface area contributed by atoms with Gasteiger partial charge in [0.25, 0.3) is 0 Å². The molecule has 1 heterocycles. The van der Waals surface area contributed by atoms with Crippen molar-refractivity contribution < 1.29 is 4.79 Å². The quantitative estimate of drug-likeness (QED) is 0.435. The van der Waals surface area contributed by atoms with Gasteiger partial charge in [-0.2, -0.15) is 0 Å². The molecule has 1 fully saturated rings. The molecule has 1 N–H and O–H groups in total. The Bertz CT molecular complexity index is 987. The fraction of sp³-hybridized carbons (Fsp3) is 0.200. The normalized spacial score (nSPS) is 13.6. The molecule has 1 aliphatic rings. The van der Waals surface area contributed by atoms with Crippen LogP contribution >= 0.6 is 15.9 Å². The van der Waals surface area contributed by atoms with Crippen LogP contribution in [0.3, 0.4) is 0 Å². The Morgan fingerprint density at radius 1 is 0.833 bits per heavy atom. The SMILES string of the molecule is O=C(Nc1cc(Br)ccc1N=C(c1ccccc1)c1ccccc1)N1CCCCC1. The summed E-state index contributed by atoms with van der Waals surface area (Å²) in [7, 11) is 0. The van der Waals surface area contributed by atoms with E-state index in [9.17, 15) is 4.79 Å². The smallest absolute Gasteiger partial charge is 0.321 e. The van der Waals surface area contributed by atoms with Crippen molar-refractivity contribution in [1.82, 2.24) is 4.90 Å². The Kier molecular flexibility index (Phi) is 6.60. The van der Waals surface area contributed by atoms with Gasteiger partial charge >= 0.3 is 6.03 Å². The van der Waals surface area contributed by atoms with Gasteiger partial charge in [-0.05, 0) is 37.5 Å². The second-order valence-corrected chi connectivity index (χ2v) is 8.25. The molecule has 0 atom stereocenters. The van der Waals surface area contributed by atoms with Crippen LogP contribution in [-0.2, 0) is 0 Å². The summed E-state index contributed by atoms with van der Waals surface area (Å²) in [5.74, 6) is 0. The molecule has 0 aliphatic carbocycles. The van der Waals surface area contributed by atoms with Gasteiger partial charge in [0.05, 0.1) is 17.1 Å². The molecule has 152 valence electrons. The van der Waals surface area contributed by atoms with Crippen molar-refractivity contribution in [3.05, 3.63) is 94.5 Å². The van der Waals surface area contributed by atoms with Crippen molar-refractivity contribution in [2.24, 2.45) is 4.99 Å². The summed E-state index contributed by atoms with van der Waals surface area (Å²) < 4.78 is 0.899. The van der Waals surface area contributed by atoms with Crippen molar-refractivity contribution in [3.8, 4) is 0 Å². The van der Waals surface area contributed by atoms with Crippen LogP contribution in [-0.4, -0.2) is 29.7 Å². The maximum Gasteiger partial charge on any atom is 0.321 e. The molecule has 30 heavy (non-hydrogen) atoms. The second-order valence-electron chi connectivity index (χ2n) is 7.33. The molecule has 0 spiro atoms. The lowest BCUT2D eigenvalue weighted by molar-refractivity contribution is 0.200. The molecule has 4 nitrogen and oxygen atoms in total. The summed E-state index contributed by atoms with van der Waals surface area (Å²) in [6, 6.07) is 26.0. The Labute approximate surface area is 185 Å². The summed E-state index contributed by atoms with van der Waals surface area (Å²) in [5.41, 5.74) is 4.35. The molecular weight excluding hydrogens is 438 g/mol. The number of urea groups is 1. The third kappa shape index (κ3) is 4.97. The third-order valence-electron chi connectivity index (χ3n) is 5.17. The minimum Gasteiger partial charge on any atom is -0.325 e. The van der Waals surface area contributed by atoms with Gasteiger partial charge in [0.15, 0.2) is 0 Å². The highest BCUT2D eigenvalue weighted by atomic mass is 79.9. The van der Waals surface area contributed by atoms with Gasteiger partial charge in [0, 0.05) is 28.7 Å². The van der Waals surface area contributed by atoms with Crippen molar-refractivity contribution >= 4 is 39.0 Å². The van der Waals surface area contributed by atoms with Crippen LogP contribution in [0.4, 0.5) is 16.2 Å². The number of hydrogen-bond acceptors (Lipinski definition) is 2. The molecule has 0 unspecified atom stereocenters. The number of benzene rings is 3. The number of nitrogens with one attached hydrogen (secondary N) is 1. The van der Waals surface area contributed by atoms with Crippen molar-refractivity contribution in [1.29, 1.82) is 0 Å². The lowest BCUT2D eigenvalue weighted by Crippen LogP contribution is -2.38. The number of likely N-dealkylation sites (tertiary alicyclic amines) is 1. The maximum absolute atomic E-state index is 12.8. The standard InChI is InChI=1S/C25H24BrN3O/c26-21-14-15-22(23(18-21)28-25(30)29-16-8-3-9-17-29)27-24(19-10-4-1-5-11-19)20-12-6-2-7-13-20/h1-2,4-7,10-15,18H,3,8-9,16-17H2,(H,28,30). The first-order chi connectivity index (χ1) is 14.7. The van der Waals surface area contributed by atoms with Gasteiger partial charge in [-0.1, -0.05) is 76.6 Å². The second kappa shape index (κ2) is 9.72. The highest BCUT2D eigenvalue weighted by molar-refractivity contribution is 9.10. The number of carbonyl (C=O) groups excluding carboxylic acids is 1. The van der Waals surface area contributed by atoms with Crippen LogP contribution in [0.25, 0.3) is 0 Å². The van der Waals surface area contributed by atoms with Crippen LogP contribution in [0.2, 0.25) is 0 Å². The number of rotatable bonds is 4. The Morgan fingerprint density at radius 3 is 2.03 bits per heavy atom. The largest absolute Gasteiger partial charge is 0.325 e.